The summed E-state index contributed by atoms with van der Waals surface area (Å²) in [5.74, 6) is -1.95. The molecule has 11 heteroatoms. The van der Waals surface area contributed by atoms with E-state index in [1.54, 1.807) is 50.6 Å². The zero-order valence-electron chi connectivity index (χ0n) is 30.6. The summed E-state index contributed by atoms with van der Waals surface area (Å²) < 4.78 is 36.8. The smallest absolute Gasteiger partial charge is 0.222 e. The first-order chi connectivity index (χ1) is 27.2. The summed E-state index contributed by atoms with van der Waals surface area (Å²) in [5, 5.41) is 1.11. The van der Waals surface area contributed by atoms with Crippen molar-refractivity contribution in [1.82, 2.24) is 0 Å². The van der Waals surface area contributed by atoms with Crippen LogP contribution in [0.15, 0.2) is 121 Å². The minimum Gasteiger partial charge on any atom is -0.497 e. The van der Waals surface area contributed by atoms with Crippen molar-refractivity contribution in [3.8, 4) is 33.8 Å². The van der Waals surface area contributed by atoms with E-state index in [2.05, 4.69) is 0 Å². The minimum atomic E-state index is -1.37. The number of nitrogen functional groups attached to an aromatic ring is 2. The van der Waals surface area contributed by atoms with Gasteiger partial charge in [-0.2, -0.15) is 0 Å². The molecule has 4 N–H and O–H groups in total. The Bertz CT molecular complexity index is 2260. The predicted octanol–water partition coefficient (Wildman–Crippen LogP) is 9.24. The van der Waals surface area contributed by atoms with Crippen molar-refractivity contribution in [2.75, 3.05) is 52.1 Å². The summed E-state index contributed by atoms with van der Waals surface area (Å²) in [6.45, 7) is 1.26. The predicted molar refractivity (Wildman–Crippen MR) is 217 cm³/mol. The molecule has 0 aromatic heterocycles. The highest BCUT2D eigenvalue weighted by Crippen LogP contribution is 2.46. The van der Waals surface area contributed by atoms with Crippen LogP contribution in [-0.2, 0) is 30.5 Å². The molecule has 0 spiro atoms. The second-order valence-electron chi connectivity index (χ2n) is 13.4. The van der Waals surface area contributed by atoms with E-state index >= 15 is 4.79 Å². The van der Waals surface area contributed by atoms with E-state index in [0.717, 1.165) is 11.1 Å². The first kappa shape index (κ1) is 37.5. The zero-order valence-corrected chi connectivity index (χ0v) is 32.2. The molecule has 0 saturated carbocycles. The number of carbonyl (C=O) groups excluding carboxylic acids is 1. The molecule has 2 fully saturated rings. The van der Waals surface area contributed by atoms with Crippen LogP contribution in [0.5, 0.6) is 11.5 Å². The van der Waals surface area contributed by atoms with Crippen LogP contribution in [-0.4, -0.2) is 46.4 Å². The number of anilines is 2. The normalized spacial score (nSPS) is 15.8. The highest BCUT2D eigenvalue weighted by atomic mass is 35.5. The molecule has 0 atom stereocenters. The van der Waals surface area contributed by atoms with Gasteiger partial charge in [0.15, 0.2) is 5.78 Å². The van der Waals surface area contributed by atoms with Gasteiger partial charge in [0.1, 0.15) is 11.5 Å². The summed E-state index contributed by atoms with van der Waals surface area (Å²) in [6, 6.07) is 36.6. The summed E-state index contributed by atoms with van der Waals surface area (Å²) >= 11 is 12.6. The van der Waals surface area contributed by atoms with Crippen LogP contribution < -0.4 is 20.9 Å². The molecule has 2 aliphatic heterocycles. The Labute approximate surface area is 334 Å². The van der Waals surface area contributed by atoms with E-state index in [9.17, 15) is 0 Å². The third-order valence-electron chi connectivity index (χ3n) is 10.2. The van der Waals surface area contributed by atoms with Gasteiger partial charge in [-0.15, -0.1) is 0 Å². The number of rotatable bonds is 10. The maximum Gasteiger partial charge on any atom is 0.222 e. The van der Waals surface area contributed by atoms with Gasteiger partial charge in [-0.05, 0) is 83.9 Å². The fourth-order valence-corrected chi connectivity index (χ4v) is 7.68. The maximum atomic E-state index is 15.4. The molecular formula is C45H38Cl2N2O7. The maximum absolute atomic E-state index is 15.4. The van der Waals surface area contributed by atoms with Crippen molar-refractivity contribution in [2.24, 2.45) is 0 Å². The summed E-state index contributed by atoms with van der Waals surface area (Å²) in [7, 11) is 3.18. The number of hydrogen-bond acceptors (Lipinski definition) is 9. The van der Waals surface area contributed by atoms with Gasteiger partial charge in [0, 0.05) is 54.6 Å². The van der Waals surface area contributed by atoms with Crippen molar-refractivity contribution < 1.29 is 33.2 Å². The standard InChI is InChI=1S/C45H38Cl2N2O7/c1-51-35-7-3-5-27(21-35)37-23-31(44(53-17-18-54-44)29-9-13-33(46)14-10-29)25-39(41(37)48)43(50)40-26-32(24-38(42(40)49)28-6-4-8-36(22-28)52-2)45(55-19-20-56-45)30-11-15-34(47)16-12-30/h3-16,21-26H,17-20,48-49H2,1-2H3. The van der Waals surface area contributed by atoms with Crippen molar-refractivity contribution in [3.63, 3.8) is 0 Å². The van der Waals surface area contributed by atoms with Gasteiger partial charge in [0.2, 0.25) is 11.6 Å². The number of carbonyl (C=O) groups is 1. The lowest BCUT2D eigenvalue weighted by atomic mass is 9.85. The Morgan fingerprint density at radius 1 is 0.536 bits per heavy atom. The largest absolute Gasteiger partial charge is 0.497 e. The highest BCUT2D eigenvalue weighted by Gasteiger charge is 2.44. The summed E-state index contributed by atoms with van der Waals surface area (Å²) in [6.07, 6.45) is 0. The van der Waals surface area contributed by atoms with Gasteiger partial charge in [0.25, 0.3) is 0 Å². The Balaban J connectivity index is 1.38. The lowest BCUT2D eigenvalue weighted by Gasteiger charge is -2.31. The lowest BCUT2D eigenvalue weighted by Crippen LogP contribution is -2.30. The second kappa shape index (κ2) is 15.3. The summed E-state index contributed by atoms with van der Waals surface area (Å²) in [4.78, 5) is 15.4. The molecule has 284 valence electrons. The SMILES string of the molecule is COc1cccc(-c2cc(C3(c4ccc(Cl)cc4)OCCO3)cc(C(=O)c3cc(C4(c5ccc(Cl)cc5)OCCO4)cc(-c4cccc(OC)c4)c3N)c2N)c1. The van der Waals surface area contributed by atoms with Gasteiger partial charge in [-0.3, -0.25) is 4.79 Å². The van der Waals surface area contributed by atoms with Crippen LogP contribution in [0.2, 0.25) is 10.0 Å². The van der Waals surface area contributed by atoms with Crippen molar-refractivity contribution in [2.45, 2.75) is 11.6 Å². The molecular weight excluding hydrogens is 751 g/mol. The molecule has 6 aromatic carbocycles. The molecule has 9 nitrogen and oxygen atoms in total. The van der Waals surface area contributed by atoms with Crippen molar-refractivity contribution in [3.05, 3.63) is 165 Å². The fraction of sp³-hybridized carbons (Fsp3) is 0.178. The molecule has 0 radical (unpaired) electrons. The van der Waals surface area contributed by atoms with E-state index in [-0.39, 0.29) is 22.5 Å². The average molecular weight is 790 g/mol. The number of halogens is 2. The number of hydrogen-bond donors (Lipinski definition) is 2. The minimum absolute atomic E-state index is 0.182. The Morgan fingerprint density at radius 3 is 1.27 bits per heavy atom. The number of nitrogens with two attached hydrogens (primary N) is 2. The third-order valence-corrected chi connectivity index (χ3v) is 10.7. The van der Waals surface area contributed by atoms with Crippen LogP contribution in [0.3, 0.4) is 0 Å². The number of benzene rings is 6. The lowest BCUT2D eigenvalue weighted by molar-refractivity contribution is -0.130. The van der Waals surface area contributed by atoms with Crippen molar-refractivity contribution >= 4 is 40.4 Å². The number of ether oxygens (including phenoxy) is 6. The number of methoxy groups -OCH3 is 2. The van der Waals surface area contributed by atoms with Crippen LogP contribution in [0.4, 0.5) is 11.4 Å². The first-order valence-corrected chi connectivity index (χ1v) is 18.7. The van der Waals surface area contributed by atoms with E-state index < -0.39 is 17.4 Å². The van der Waals surface area contributed by atoms with Gasteiger partial charge in [-0.25, -0.2) is 0 Å². The Hall–Kier alpha value is -5.39. The average Bonchev–Trinajstić information content (AvgIpc) is 3.94. The van der Waals surface area contributed by atoms with Crippen LogP contribution in [0, 0.1) is 0 Å². The number of ketones is 1. The van der Waals surface area contributed by atoms with Gasteiger partial charge < -0.3 is 39.9 Å². The molecule has 56 heavy (non-hydrogen) atoms. The van der Waals surface area contributed by atoms with Crippen LogP contribution >= 0.6 is 23.2 Å². The van der Waals surface area contributed by atoms with Crippen molar-refractivity contribution in [1.29, 1.82) is 0 Å². The van der Waals surface area contributed by atoms with Crippen LogP contribution in [0.1, 0.15) is 38.2 Å². The van der Waals surface area contributed by atoms with Crippen LogP contribution in [0.25, 0.3) is 22.3 Å². The monoisotopic (exact) mass is 788 g/mol. The molecule has 0 bridgehead atoms. The third kappa shape index (κ3) is 6.66. The summed E-state index contributed by atoms with van der Waals surface area (Å²) in [5.41, 5.74) is 20.0. The topological polar surface area (TPSA) is 124 Å². The Morgan fingerprint density at radius 2 is 0.911 bits per heavy atom. The van der Waals surface area contributed by atoms with E-state index in [1.807, 2.05) is 84.9 Å². The second-order valence-corrected chi connectivity index (χ2v) is 14.3. The molecule has 6 aromatic rings. The quantitative estimate of drug-likeness (QED) is 0.103. The van der Waals surface area contributed by atoms with E-state index in [1.165, 1.54) is 0 Å². The first-order valence-electron chi connectivity index (χ1n) is 18.0. The highest BCUT2D eigenvalue weighted by molar-refractivity contribution is 6.30. The van der Waals surface area contributed by atoms with Gasteiger partial charge >= 0.3 is 0 Å². The van der Waals surface area contributed by atoms with E-state index in [0.29, 0.717) is 81.4 Å². The molecule has 0 aliphatic carbocycles. The van der Waals surface area contributed by atoms with Gasteiger partial charge in [0.05, 0.1) is 52.0 Å². The molecule has 0 unspecified atom stereocenters. The molecule has 8 rings (SSSR count). The molecule has 2 heterocycles. The molecule has 0 amide bonds. The Kier molecular flexibility index (Phi) is 10.2. The zero-order chi connectivity index (χ0) is 39.0. The fourth-order valence-electron chi connectivity index (χ4n) is 7.43. The molecule has 2 saturated heterocycles. The molecule has 2 aliphatic rings. The van der Waals surface area contributed by atoms with Gasteiger partial charge in [-0.1, -0.05) is 71.7 Å². The van der Waals surface area contributed by atoms with E-state index in [4.69, 9.17) is 63.1 Å².